The average Bonchev–Trinajstić information content (AvgIpc) is 2.95. The zero-order valence-electron chi connectivity index (χ0n) is 12.2. The van der Waals surface area contributed by atoms with Gasteiger partial charge in [0, 0.05) is 15.3 Å². The molecule has 0 aliphatic carbocycles. The molecule has 0 radical (unpaired) electrons. The number of nitrogens with one attached hydrogen (secondary N) is 1. The second-order valence-corrected chi connectivity index (χ2v) is 7.01. The number of hydrogen-bond donors (Lipinski definition) is 1. The lowest BCUT2D eigenvalue weighted by atomic mass is 10.2. The van der Waals surface area contributed by atoms with Gasteiger partial charge in [0.2, 0.25) is 5.58 Å². The Hall–Kier alpha value is -1.95. The number of para-hydroxylation sites is 1. The molecule has 7 heteroatoms. The van der Waals surface area contributed by atoms with Crippen LogP contribution in [0.25, 0.3) is 22.1 Å². The summed E-state index contributed by atoms with van der Waals surface area (Å²) >= 11 is 13.6. The molecule has 4 aromatic rings. The first-order valence-electron chi connectivity index (χ1n) is 7.10. The van der Waals surface area contributed by atoms with Crippen LogP contribution in [0.1, 0.15) is 5.82 Å². The summed E-state index contributed by atoms with van der Waals surface area (Å²) in [5.74, 6) is 1.02. The molecule has 120 valence electrons. The van der Waals surface area contributed by atoms with Crippen molar-refractivity contribution in [2.45, 2.75) is 10.6 Å². The van der Waals surface area contributed by atoms with Crippen molar-refractivity contribution in [1.29, 1.82) is 0 Å². The van der Waals surface area contributed by atoms with E-state index in [2.05, 4.69) is 9.97 Å². The third-order valence-corrected chi connectivity index (χ3v) is 5.28. The molecule has 0 spiro atoms. The molecule has 1 N–H and O–H groups in total. The van der Waals surface area contributed by atoms with Crippen LogP contribution in [-0.2, 0) is 5.75 Å². The number of hydrogen-bond acceptors (Lipinski definition) is 4. The number of nitrogens with zero attached hydrogens (tertiary/aromatic N) is 1. The number of furan rings is 1. The van der Waals surface area contributed by atoms with Gasteiger partial charge < -0.3 is 9.40 Å². The Morgan fingerprint density at radius 3 is 2.88 bits per heavy atom. The average molecular weight is 377 g/mol. The van der Waals surface area contributed by atoms with E-state index < -0.39 is 0 Å². The Bertz CT molecular complexity index is 1120. The van der Waals surface area contributed by atoms with Gasteiger partial charge in [0.05, 0.1) is 10.8 Å². The number of thioether (sulfide) groups is 1. The summed E-state index contributed by atoms with van der Waals surface area (Å²) in [5, 5.41) is 2.05. The van der Waals surface area contributed by atoms with Gasteiger partial charge in [-0.25, -0.2) is 4.98 Å². The molecule has 0 fully saturated rings. The highest BCUT2D eigenvalue weighted by Crippen LogP contribution is 2.32. The molecule has 24 heavy (non-hydrogen) atoms. The number of aromatic nitrogens is 2. The Morgan fingerprint density at radius 1 is 1.17 bits per heavy atom. The third kappa shape index (κ3) is 2.79. The lowest BCUT2D eigenvalue weighted by Gasteiger charge is -2.04. The molecule has 0 atom stereocenters. The van der Waals surface area contributed by atoms with Crippen LogP contribution in [-0.4, -0.2) is 9.97 Å². The van der Waals surface area contributed by atoms with E-state index in [1.54, 1.807) is 18.2 Å². The maximum absolute atomic E-state index is 12.3. The molecular weight excluding hydrogens is 367 g/mol. The van der Waals surface area contributed by atoms with E-state index in [9.17, 15) is 4.79 Å². The van der Waals surface area contributed by atoms with Crippen molar-refractivity contribution in [3.63, 3.8) is 0 Å². The molecule has 0 bridgehead atoms. The lowest BCUT2D eigenvalue weighted by Crippen LogP contribution is -2.10. The second kappa shape index (κ2) is 6.16. The molecule has 2 aromatic carbocycles. The Labute approximate surface area is 150 Å². The number of aromatic amines is 1. The minimum absolute atomic E-state index is 0.241. The van der Waals surface area contributed by atoms with Gasteiger partial charge >= 0.3 is 0 Å². The van der Waals surface area contributed by atoms with Crippen molar-refractivity contribution in [2.75, 3.05) is 0 Å². The van der Waals surface area contributed by atoms with Crippen LogP contribution in [0.3, 0.4) is 0 Å². The zero-order chi connectivity index (χ0) is 16.7. The quantitative estimate of drug-likeness (QED) is 0.494. The van der Waals surface area contributed by atoms with Crippen LogP contribution in [0.2, 0.25) is 10.0 Å². The summed E-state index contributed by atoms with van der Waals surface area (Å²) in [7, 11) is 0. The first kappa shape index (κ1) is 15.6. The molecule has 4 rings (SSSR count). The molecule has 0 aliphatic heterocycles. The standard InChI is InChI=1S/C17H10Cl2N2O2S/c18-9-5-6-11(19)13(7-9)24-8-14-20-15-10-3-1-2-4-12(10)23-16(15)17(22)21-14/h1-7H,8H2,(H,20,21,22). The largest absolute Gasteiger partial charge is 0.449 e. The Balaban J connectivity index is 1.73. The van der Waals surface area contributed by atoms with Crippen LogP contribution in [0.4, 0.5) is 0 Å². The van der Waals surface area contributed by atoms with E-state index in [-0.39, 0.29) is 11.1 Å². The van der Waals surface area contributed by atoms with Crippen molar-refractivity contribution in [2.24, 2.45) is 0 Å². The topological polar surface area (TPSA) is 58.9 Å². The number of rotatable bonds is 3. The molecule has 0 amide bonds. The van der Waals surface area contributed by atoms with Gasteiger partial charge in [-0.15, -0.1) is 11.8 Å². The van der Waals surface area contributed by atoms with E-state index in [4.69, 9.17) is 27.6 Å². The van der Waals surface area contributed by atoms with Crippen molar-refractivity contribution < 1.29 is 4.42 Å². The van der Waals surface area contributed by atoms with Gasteiger partial charge in [0.25, 0.3) is 5.56 Å². The number of benzene rings is 2. The van der Waals surface area contributed by atoms with Crippen LogP contribution < -0.4 is 5.56 Å². The maximum Gasteiger partial charge on any atom is 0.294 e. The molecule has 0 unspecified atom stereocenters. The van der Waals surface area contributed by atoms with Crippen molar-refractivity contribution in [3.8, 4) is 0 Å². The third-order valence-electron chi connectivity index (χ3n) is 3.54. The fourth-order valence-corrected chi connectivity index (χ4v) is 3.81. The second-order valence-electron chi connectivity index (χ2n) is 5.15. The molecule has 0 saturated carbocycles. The highest BCUT2D eigenvalue weighted by Gasteiger charge is 2.13. The van der Waals surface area contributed by atoms with Gasteiger partial charge in [0.15, 0.2) is 0 Å². The predicted molar refractivity (Wildman–Crippen MR) is 98.2 cm³/mol. The fourth-order valence-electron chi connectivity index (χ4n) is 2.45. The summed E-state index contributed by atoms with van der Waals surface area (Å²) < 4.78 is 5.58. The van der Waals surface area contributed by atoms with E-state index in [1.165, 1.54) is 11.8 Å². The maximum atomic E-state index is 12.3. The SMILES string of the molecule is O=c1[nH]c(CSc2cc(Cl)ccc2Cl)nc2c1oc1ccccc12. The highest BCUT2D eigenvalue weighted by molar-refractivity contribution is 7.98. The van der Waals surface area contributed by atoms with Crippen LogP contribution in [0.5, 0.6) is 0 Å². The minimum atomic E-state index is -0.288. The van der Waals surface area contributed by atoms with E-state index in [0.29, 0.717) is 32.7 Å². The summed E-state index contributed by atoms with van der Waals surface area (Å²) in [6.45, 7) is 0. The van der Waals surface area contributed by atoms with Crippen molar-refractivity contribution in [3.05, 3.63) is 68.7 Å². The first-order chi connectivity index (χ1) is 11.6. The first-order valence-corrected chi connectivity index (χ1v) is 8.84. The lowest BCUT2D eigenvalue weighted by molar-refractivity contribution is 0.660. The molecule has 0 aliphatic rings. The van der Waals surface area contributed by atoms with Crippen LogP contribution in [0.15, 0.2) is 56.6 Å². The zero-order valence-corrected chi connectivity index (χ0v) is 14.5. The summed E-state index contributed by atoms with van der Waals surface area (Å²) in [5.41, 5.74) is 1.17. The van der Waals surface area contributed by atoms with Gasteiger partial charge in [0.1, 0.15) is 16.9 Å². The predicted octanol–water partition coefficient (Wildman–Crippen LogP) is 5.27. The minimum Gasteiger partial charge on any atom is -0.449 e. The van der Waals surface area contributed by atoms with Gasteiger partial charge in [-0.05, 0) is 30.3 Å². The molecular formula is C17H10Cl2N2O2S. The van der Waals surface area contributed by atoms with Gasteiger partial charge in [-0.2, -0.15) is 0 Å². The Morgan fingerprint density at radius 2 is 2.00 bits per heavy atom. The van der Waals surface area contributed by atoms with E-state index in [1.807, 2.05) is 24.3 Å². The number of fused-ring (bicyclic) bond motifs is 3. The number of H-pyrrole nitrogens is 1. The number of halogens is 2. The van der Waals surface area contributed by atoms with Gasteiger partial charge in [-0.1, -0.05) is 35.3 Å². The molecule has 0 saturated heterocycles. The van der Waals surface area contributed by atoms with Crippen LogP contribution in [0, 0.1) is 0 Å². The summed E-state index contributed by atoms with van der Waals surface area (Å²) in [6, 6.07) is 12.7. The summed E-state index contributed by atoms with van der Waals surface area (Å²) in [4.78, 5) is 20.4. The van der Waals surface area contributed by atoms with Crippen molar-refractivity contribution in [1.82, 2.24) is 9.97 Å². The molecule has 2 aromatic heterocycles. The normalized spacial score (nSPS) is 11.4. The van der Waals surface area contributed by atoms with Crippen LogP contribution >= 0.6 is 35.0 Å². The van der Waals surface area contributed by atoms with Crippen molar-refractivity contribution >= 4 is 57.0 Å². The fraction of sp³-hybridized carbons (Fsp3) is 0.0588. The van der Waals surface area contributed by atoms with E-state index in [0.717, 1.165) is 10.3 Å². The monoisotopic (exact) mass is 376 g/mol. The Kier molecular flexibility index (Phi) is 4.00. The molecule has 2 heterocycles. The molecule has 4 nitrogen and oxygen atoms in total. The smallest absolute Gasteiger partial charge is 0.294 e. The summed E-state index contributed by atoms with van der Waals surface area (Å²) in [6.07, 6.45) is 0. The van der Waals surface area contributed by atoms with E-state index >= 15 is 0 Å². The van der Waals surface area contributed by atoms with Gasteiger partial charge in [-0.3, -0.25) is 4.79 Å². The highest BCUT2D eigenvalue weighted by atomic mass is 35.5.